The van der Waals surface area contributed by atoms with E-state index in [1.807, 2.05) is 50.2 Å². The Bertz CT molecular complexity index is 795. The number of hydrogen-bond donors (Lipinski definition) is 1. The number of aromatic nitrogens is 2. The van der Waals surface area contributed by atoms with E-state index >= 15 is 0 Å². The predicted molar refractivity (Wildman–Crippen MR) is 90.3 cm³/mol. The fourth-order valence-electron chi connectivity index (χ4n) is 2.00. The summed E-state index contributed by atoms with van der Waals surface area (Å²) in [7, 11) is 0. The zero-order valence-electron chi connectivity index (χ0n) is 12.9. The zero-order chi connectivity index (χ0) is 16.2. The molecule has 2 aromatic heterocycles. The molecule has 1 N–H and O–H groups in total. The standard InChI is InChI=1S/C17H17N3O2S/c1-3-11(2)18-16(21)14-10-9-13(23-14)15-19-17(22-20-15)12-7-5-4-6-8-12/h4-11H,3H2,1-2H3,(H,18,21)/t11-/m1/s1. The van der Waals surface area contributed by atoms with E-state index in [9.17, 15) is 4.79 Å². The summed E-state index contributed by atoms with van der Waals surface area (Å²) >= 11 is 1.36. The first-order valence-electron chi connectivity index (χ1n) is 7.47. The van der Waals surface area contributed by atoms with Crippen molar-refractivity contribution in [2.75, 3.05) is 0 Å². The summed E-state index contributed by atoms with van der Waals surface area (Å²) in [6.45, 7) is 4.02. The van der Waals surface area contributed by atoms with Crippen LogP contribution in [0.5, 0.6) is 0 Å². The second kappa shape index (κ2) is 6.75. The fraction of sp³-hybridized carbons (Fsp3) is 0.235. The molecule has 0 saturated carbocycles. The van der Waals surface area contributed by atoms with Gasteiger partial charge in [-0.2, -0.15) is 4.98 Å². The van der Waals surface area contributed by atoms with Crippen molar-refractivity contribution in [2.24, 2.45) is 0 Å². The number of thiophene rings is 1. The van der Waals surface area contributed by atoms with Gasteiger partial charge >= 0.3 is 0 Å². The van der Waals surface area contributed by atoms with Gasteiger partial charge in [0.1, 0.15) is 0 Å². The van der Waals surface area contributed by atoms with Crippen LogP contribution >= 0.6 is 11.3 Å². The maximum Gasteiger partial charge on any atom is 0.261 e. The molecule has 0 saturated heterocycles. The topological polar surface area (TPSA) is 68.0 Å². The lowest BCUT2D eigenvalue weighted by molar-refractivity contribution is 0.0943. The smallest absolute Gasteiger partial charge is 0.261 e. The van der Waals surface area contributed by atoms with Crippen molar-refractivity contribution in [3.05, 3.63) is 47.3 Å². The van der Waals surface area contributed by atoms with Crippen LogP contribution in [-0.2, 0) is 0 Å². The number of benzene rings is 1. The SMILES string of the molecule is CC[C@@H](C)NC(=O)c1ccc(-c2noc(-c3ccccc3)n2)s1. The molecular weight excluding hydrogens is 310 g/mol. The molecule has 2 heterocycles. The van der Waals surface area contributed by atoms with Crippen LogP contribution in [0.1, 0.15) is 29.9 Å². The van der Waals surface area contributed by atoms with Crippen molar-refractivity contribution in [1.29, 1.82) is 0 Å². The van der Waals surface area contributed by atoms with Crippen LogP contribution in [0.15, 0.2) is 47.0 Å². The van der Waals surface area contributed by atoms with Crippen molar-refractivity contribution in [3.63, 3.8) is 0 Å². The highest BCUT2D eigenvalue weighted by Gasteiger charge is 2.16. The molecular formula is C17H17N3O2S. The molecule has 3 rings (SSSR count). The first kappa shape index (κ1) is 15.4. The number of carbonyl (C=O) groups excluding carboxylic acids is 1. The Morgan fingerprint density at radius 3 is 2.78 bits per heavy atom. The van der Waals surface area contributed by atoms with Gasteiger partial charge in [-0.1, -0.05) is 30.3 Å². The van der Waals surface area contributed by atoms with E-state index in [0.29, 0.717) is 16.6 Å². The number of hydrogen-bond acceptors (Lipinski definition) is 5. The Hall–Kier alpha value is -2.47. The van der Waals surface area contributed by atoms with Gasteiger partial charge in [-0.15, -0.1) is 11.3 Å². The molecule has 0 unspecified atom stereocenters. The number of nitrogens with zero attached hydrogens (tertiary/aromatic N) is 2. The van der Waals surface area contributed by atoms with E-state index in [1.165, 1.54) is 11.3 Å². The third-order valence-corrected chi connectivity index (χ3v) is 4.57. The maximum atomic E-state index is 12.1. The third kappa shape index (κ3) is 3.48. The van der Waals surface area contributed by atoms with Crippen LogP contribution in [0.25, 0.3) is 22.2 Å². The van der Waals surface area contributed by atoms with Gasteiger partial charge in [0.25, 0.3) is 11.8 Å². The second-order valence-corrected chi connectivity index (χ2v) is 6.32. The van der Waals surface area contributed by atoms with E-state index in [4.69, 9.17) is 4.52 Å². The molecule has 0 aliphatic carbocycles. The number of rotatable bonds is 5. The fourth-order valence-corrected chi connectivity index (χ4v) is 2.83. The summed E-state index contributed by atoms with van der Waals surface area (Å²) < 4.78 is 5.30. The predicted octanol–water partition coefficient (Wildman–Crippen LogP) is 3.99. The zero-order valence-corrected chi connectivity index (χ0v) is 13.8. The normalized spacial score (nSPS) is 12.1. The van der Waals surface area contributed by atoms with Crippen molar-refractivity contribution >= 4 is 17.2 Å². The molecule has 1 atom stereocenters. The molecule has 118 valence electrons. The summed E-state index contributed by atoms with van der Waals surface area (Å²) in [5.41, 5.74) is 0.873. The number of carbonyl (C=O) groups is 1. The second-order valence-electron chi connectivity index (χ2n) is 5.24. The van der Waals surface area contributed by atoms with E-state index in [0.717, 1.165) is 16.9 Å². The highest BCUT2D eigenvalue weighted by Crippen LogP contribution is 2.28. The Morgan fingerprint density at radius 1 is 1.26 bits per heavy atom. The van der Waals surface area contributed by atoms with Crippen LogP contribution in [0, 0.1) is 0 Å². The molecule has 6 heteroatoms. The summed E-state index contributed by atoms with van der Waals surface area (Å²) in [6, 6.07) is 13.4. The lowest BCUT2D eigenvalue weighted by Crippen LogP contribution is -2.31. The van der Waals surface area contributed by atoms with Gasteiger partial charge < -0.3 is 9.84 Å². The lowest BCUT2D eigenvalue weighted by Gasteiger charge is -2.09. The first-order chi connectivity index (χ1) is 11.2. The molecule has 1 amide bonds. The van der Waals surface area contributed by atoms with Gasteiger partial charge in [0.05, 0.1) is 9.75 Å². The van der Waals surface area contributed by atoms with Crippen molar-refractivity contribution < 1.29 is 9.32 Å². The number of amides is 1. The van der Waals surface area contributed by atoms with Gasteiger partial charge in [0, 0.05) is 11.6 Å². The van der Waals surface area contributed by atoms with E-state index in [1.54, 1.807) is 6.07 Å². The molecule has 1 aromatic carbocycles. The molecule has 3 aromatic rings. The largest absolute Gasteiger partial charge is 0.349 e. The summed E-state index contributed by atoms with van der Waals surface area (Å²) in [6.07, 6.45) is 0.898. The molecule has 0 aliphatic heterocycles. The van der Waals surface area contributed by atoms with E-state index in [2.05, 4.69) is 15.5 Å². The van der Waals surface area contributed by atoms with E-state index in [-0.39, 0.29) is 11.9 Å². The van der Waals surface area contributed by atoms with Crippen molar-refractivity contribution in [1.82, 2.24) is 15.5 Å². The van der Waals surface area contributed by atoms with Crippen molar-refractivity contribution in [2.45, 2.75) is 26.3 Å². The Kier molecular flexibility index (Phi) is 4.52. The molecule has 0 bridgehead atoms. The van der Waals surface area contributed by atoms with Gasteiger partial charge in [-0.3, -0.25) is 4.79 Å². The lowest BCUT2D eigenvalue weighted by atomic mass is 10.2. The van der Waals surface area contributed by atoms with Crippen LogP contribution in [0.3, 0.4) is 0 Å². The molecule has 0 aliphatic rings. The minimum atomic E-state index is -0.0672. The summed E-state index contributed by atoms with van der Waals surface area (Å²) in [5.74, 6) is 0.901. The number of nitrogens with one attached hydrogen (secondary N) is 1. The van der Waals surface area contributed by atoms with E-state index < -0.39 is 0 Å². The van der Waals surface area contributed by atoms with Gasteiger partial charge in [0.15, 0.2) is 0 Å². The molecule has 0 spiro atoms. The van der Waals surface area contributed by atoms with Gasteiger partial charge in [-0.25, -0.2) is 0 Å². The van der Waals surface area contributed by atoms with Gasteiger partial charge in [-0.05, 0) is 37.6 Å². The highest BCUT2D eigenvalue weighted by molar-refractivity contribution is 7.17. The molecule has 0 fully saturated rings. The maximum absolute atomic E-state index is 12.1. The summed E-state index contributed by atoms with van der Waals surface area (Å²) in [4.78, 5) is 18.0. The molecule has 23 heavy (non-hydrogen) atoms. The first-order valence-corrected chi connectivity index (χ1v) is 8.29. The van der Waals surface area contributed by atoms with Crippen LogP contribution in [0.2, 0.25) is 0 Å². The molecule has 0 radical (unpaired) electrons. The Labute approximate surface area is 138 Å². The van der Waals surface area contributed by atoms with Gasteiger partial charge in [0.2, 0.25) is 5.82 Å². The average molecular weight is 327 g/mol. The minimum Gasteiger partial charge on any atom is -0.349 e. The Morgan fingerprint density at radius 2 is 2.04 bits per heavy atom. The van der Waals surface area contributed by atoms with Crippen LogP contribution in [-0.4, -0.2) is 22.1 Å². The van der Waals surface area contributed by atoms with Crippen molar-refractivity contribution in [3.8, 4) is 22.2 Å². The van der Waals surface area contributed by atoms with Crippen LogP contribution in [0.4, 0.5) is 0 Å². The highest BCUT2D eigenvalue weighted by atomic mass is 32.1. The minimum absolute atomic E-state index is 0.0672. The summed E-state index contributed by atoms with van der Waals surface area (Å²) in [5, 5.41) is 6.95. The quantitative estimate of drug-likeness (QED) is 0.769. The average Bonchev–Trinajstić information content (AvgIpc) is 3.24. The van der Waals surface area contributed by atoms with Crippen LogP contribution < -0.4 is 5.32 Å². The molecule has 5 nitrogen and oxygen atoms in total. The Balaban J connectivity index is 1.79. The monoisotopic (exact) mass is 327 g/mol. The third-order valence-electron chi connectivity index (χ3n) is 3.49.